The fourth-order valence-electron chi connectivity index (χ4n) is 0.471. The first-order valence-corrected chi connectivity index (χ1v) is 4.18. The van der Waals surface area contributed by atoms with Gasteiger partial charge >= 0.3 is 0 Å². The maximum absolute atomic E-state index is 2.30. The first-order chi connectivity index (χ1) is 4.18. The summed E-state index contributed by atoms with van der Waals surface area (Å²) in [6, 6.07) is 0. The van der Waals surface area contributed by atoms with Gasteiger partial charge in [0, 0.05) is 0 Å². The van der Waals surface area contributed by atoms with Gasteiger partial charge in [0.2, 0.25) is 0 Å². The van der Waals surface area contributed by atoms with Crippen LogP contribution in [0.3, 0.4) is 0 Å². The summed E-state index contributed by atoms with van der Waals surface area (Å²) in [6.07, 6.45) is 1.32. The molecule has 0 rings (SSSR count). The Bertz CT molecular complexity index is 37.3. The molecule has 0 radical (unpaired) electrons. The lowest BCUT2D eigenvalue weighted by Crippen LogP contribution is -2.00. The molecule has 0 aromatic rings. The van der Waals surface area contributed by atoms with Gasteiger partial charge in [0.15, 0.2) is 0 Å². The molecule has 0 nitrogen and oxygen atoms in total. The van der Waals surface area contributed by atoms with Gasteiger partial charge in [-0.25, -0.2) is 0 Å². The van der Waals surface area contributed by atoms with Gasteiger partial charge in [-0.15, -0.1) is 0 Å². The van der Waals surface area contributed by atoms with E-state index in [0.29, 0.717) is 0 Å². The quantitative estimate of drug-likeness (QED) is 0.543. The lowest BCUT2D eigenvalue weighted by atomic mass is 9.96. The molecule has 0 aliphatic heterocycles. The summed E-state index contributed by atoms with van der Waals surface area (Å²) in [5.41, 5.74) is 0. The van der Waals surface area contributed by atoms with Gasteiger partial charge in [-0.3, -0.25) is 0 Å². The van der Waals surface area contributed by atoms with Crippen LogP contribution in [0.4, 0.5) is 0 Å². The van der Waals surface area contributed by atoms with Crippen LogP contribution in [0.1, 0.15) is 55.4 Å². The topological polar surface area (TPSA) is 0 Å². The first-order valence-electron chi connectivity index (χ1n) is 4.18. The number of rotatable bonds is 2. The van der Waals surface area contributed by atoms with E-state index in [1.165, 1.54) is 6.42 Å². The molecule has 0 saturated heterocycles. The Morgan fingerprint density at radius 3 is 1.30 bits per heavy atom. The predicted molar refractivity (Wildman–Crippen MR) is 52.4 cm³/mol. The summed E-state index contributed by atoms with van der Waals surface area (Å²) in [5, 5.41) is 0. The lowest BCUT2D eigenvalue weighted by Gasteiger charge is -2.10. The summed E-state index contributed by atoms with van der Waals surface area (Å²) in [5.74, 6) is 1.77. The molecule has 10 heavy (non-hydrogen) atoms. The molecule has 0 saturated carbocycles. The van der Waals surface area contributed by atoms with Crippen LogP contribution in [-0.2, 0) is 0 Å². The molecule has 0 amide bonds. The largest absolute Gasteiger partial charge is 0.0776 e. The molecule has 0 spiro atoms. The van der Waals surface area contributed by atoms with Crippen molar-refractivity contribution in [3.63, 3.8) is 0 Å². The minimum atomic E-state index is 0. The highest BCUT2D eigenvalue weighted by Gasteiger charge is 2.01. The van der Waals surface area contributed by atoms with Crippen LogP contribution < -0.4 is 0 Å². The summed E-state index contributed by atoms with van der Waals surface area (Å²) in [6.45, 7) is 13.1. The summed E-state index contributed by atoms with van der Waals surface area (Å²) >= 11 is 0. The van der Waals surface area contributed by atoms with E-state index in [2.05, 4.69) is 27.7 Å². The van der Waals surface area contributed by atoms with Gasteiger partial charge in [-0.2, -0.15) is 0 Å². The Morgan fingerprint density at radius 1 is 1.00 bits per heavy atom. The average Bonchev–Trinajstić information content (AvgIpc) is 1.91. The van der Waals surface area contributed by atoms with Crippen molar-refractivity contribution in [2.75, 3.05) is 0 Å². The van der Waals surface area contributed by atoms with Crippen LogP contribution in [0.2, 0.25) is 0 Å². The SMILES string of the molecule is C.CC.CCC(C)C(C)C. The first kappa shape index (κ1) is 16.5. The maximum Gasteiger partial charge on any atom is -0.0422 e. The summed E-state index contributed by atoms with van der Waals surface area (Å²) < 4.78 is 0. The normalized spacial score (nSPS) is 11.1. The van der Waals surface area contributed by atoms with Crippen molar-refractivity contribution in [2.45, 2.75) is 55.4 Å². The molecule has 0 N–H and O–H groups in total. The van der Waals surface area contributed by atoms with Crippen molar-refractivity contribution in [1.29, 1.82) is 0 Å². The van der Waals surface area contributed by atoms with E-state index >= 15 is 0 Å². The third-order valence-corrected chi connectivity index (χ3v) is 1.78. The number of hydrogen-bond donors (Lipinski definition) is 0. The Balaban J connectivity index is -0.000000149. The van der Waals surface area contributed by atoms with E-state index in [1.54, 1.807) is 0 Å². The van der Waals surface area contributed by atoms with E-state index < -0.39 is 0 Å². The lowest BCUT2D eigenvalue weighted by molar-refractivity contribution is 0.407. The molecule has 0 heteroatoms. The smallest absolute Gasteiger partial charge is 0.0422 e. The summed E-state index contributed by atoms with van der Waals surface area (Å²) in [7, 11) is 0. The molecule has 0 aromatic heterocycles. The molecule has 0 bridgehead atoms. The van der Waals surface area contributed by atoms with Crippen LogP contribution in [-0.4, -0.2) is 0 Å². The molecule has 0 fully saturated rings. The minimum Gasteiger partial charge on any atom is -0.0776 e. The fourth-order valence-corrected chi connectivity index (χ4v) is 0.471. The molecule has 1 unspecified atom stereocenters. The van der Waals surface area contributed by atoms with Gasteiger partial charge < -0.3 is 0 Å². The van der Waals surface area contributed by atoms with Crippen LogP contribution in [0, 0.1) is 11.8 Å². The van der Waals surface area contributed by atoms with E-state index in [9.17, 15) is 0 Å². The Labute approximate surface area is 68.0 Å². The fraction of sp³-hybridized carbons (Fsp3) is 1.00. The second-order valence-corrected chi connectivity index (χ2v) is 2.63. The average molecular weight is 146 g/mol. The van der Waals surface area contributed by atoms with Crippen molar-refractivity contribution in [3.8, 4) is 0 Å². The molecule has 0 aliphatic rings. The monoisotopic (exact) mass is 146 g/mol. The van der Waals surface area contributed by atoms with Gasteiger partial charge in [0.1, 0.15) is 0 Å². The van der Waals surface area contributed by atoms with Gasteiger partial charge in [-0.1, -0.05) is 55.4 Å². The van der Waals surface area contributed by atoms with Crippen molar-refractivity contribution in [1.82, 2.24) is 0 Å². The van der Waals surface area contributed by atoms with Crippen molar-refractivity contribution >= 4 is 0 Å². The molecule has 1 atom stereocenters. The molecule has 0 aliphatic carbocycles. The Kier molecular flexibility index (Phi) is 19.4. The highest BCUT2D eigenvalue weighted by molar-refractivity contribution is 4.52. The van der Waals surface area contributed by atoms with Crippen LogP contribution in [0.25, 0.3) is 0 Å². The Hall–Kier alpha value is 0. The van der Waals surface area contributed by atoms with Crippen LogP contribution >= 0.6 is 0 Å². The zero-order valence-corrected chi connectivity index (χ0v) is 7.86. The second-order valence-electron chi connectivity index (χ2n) is 2.63. The highest BCUT2D eigenvalue weighted by Crippen LogP contribution is 2.11. The van der Waals surface area contributed by atoms with Crippen molar-refractivity contribution < 1.29 is 0 Å². The maximum atomic E-state index is 2.30. The third-order valence-electron chi connectivity index (χ3n) is 1.78. The van der Waals surface area contributed by atoms with E-state index in [4.69, 9.17) is 0 Å². The molecular formula is C10H26. The van der Waals surface area contributed by atoms with Crippen molar-refractivity contribution in [2.24, 2.45) is 11.8 Å². The van der Waals surface area contributed by atoms with Crippen LogP contribution in [0.5, 0.6) is 0 Å². The zero-order valence-electron chi connectivity index (χ0n) is 7.86. The molecular weight excluding hydrogens is 120 g/mol. The van der Waals surface area contributed by atoms with E-state index in [-0.39, 0.29) is 7.43 Å². The zero-order chi connectivity index (χ0) is 7.86. The minimum absolute atomic E-state index is 0. The highest BCUT2D eigenvalue weighted by atomic mass is 14.1. The second kappa shape index (κ2) is 11.8. The molecule has 0 aromatic carbocycles. The Morgan fingerprint density at radius 2 is 1.30 bits per heavy atom. The number of hydrogen-bond acceptors (Lipinski definition) is 0. The van der Waals surface area contributed by atoms with Crippen molar-refractivity contribution in [3.05, 3.63) is 0 Å². The molecule has 0 heterocycles. The third kappa shape index (κ3) is 10.9. The van der Waals surface area contributed by atoms with Gasteiger partial charge in [0.25, 0.3) is 0 Å². The van der Waals surface area contributed by atoms with Gasteiger partial charge in [0.05, 0.1) is 0 Å². The summed E-state index contributed by atoms with van der Waals surface area (Å²) in [4.78, 5) is 0. The van der Waals surface area contributed by atoms with E-state index in [0.717, 1.165) is 11.8 Å². The predicted octanol–water partition coefficient (Wildman–Crippen LogP) is 4.35. The standard InChI is InChI=1S/C7H16.C2H6.CH4/c1-5-7(4)6(2)3;1-2;/h6-7H,5H2,1-4H3;1-2H3;1H4. The van der Waals surface area contributed by atoms with Gasteiger partial charge in [-0.05, 0) is 11.8 Å². The van der Waals surface area contributed by atoms with Crippen LogP contribution in [0.15, 0.2) is 0 Å². The molecule has 66 valence electrons. The van der Waals surface area contributed by atoms with E-state index in [1.807, 2.05) is 13.8 Å².